The summed E-state index contributed by atoms with van der Waals surface area (Å²) in [7, 11) is 0. The standard InChI is InChI=1S/C17H12BrClN2O2/c18-14-8-12(19)5-6-16(14)23-10-17(22)21-13-7-11-3-1-2-4-15(11)20-9-13/h1-9H,10H2,(H,21,22). The normalized spacial score (nSPS) is 10.5. The average molecular weight is 392 g/mol. The van der Waals surface area contributed by atoms with Gasteiger partial charge in [-0.15, -0.1) is 0 Å². The third kappa shape index (κ3) is 4.00. The molecule has 0 aliphatic heterocycles. The molecule has 0 spiro atoms. The molecular formula is C17H12BrClN2O2. The van der Waals surface area contributed by atoms with E-state index in [1.165, 1.54) is 0 Å². The fourth-order valence-electron chi connectivity index (χ4n) is 2.07. The zero-order chi connectivity index (χ0) is 16.2. The Morgan fingerprint density at radius 2 is 2.04 bits per heavy atom. The van der Waals surface area contributed by atoms with E-state index in [2.05, 4.69) is 26.2 Å². The average Bonchev–Trinajstić information content (AvgIpc) is 2.54. The monoisotopic (exact) mass is 390 g/mol. The summed E-state index contributed by atoms with van der Waals surface area (Å²) in [6, 6.07) is 14.7. The van der Waals surface area contributed by atoms with Crippen LogP contribution in [0.25, 0.3) is 10.9 Å². The fourth-order valence-corrected chi connectivity index (χ4v) is 2.87. The minimum absolute atomic E-state index is 0.104. The van der Waals surface area contributed by atoms with Crippen LogP contribution < -0.4 is 10.1 Å². The lowest BCUT2D eigenvalue weighted by molar-refractivity contribution is -0.118. The van der Waals surface area contributed by atoms with E-state index in [4.69, 9.17) is 16.3 Å². The van der Waals surface area contributed by atoms with Crippen molar-refractivity contribution in [1.29, 1.82) is 0 Å². The summed E-state index contributed by atoms with van der Waals surface area (Å²) in [4.78, 5) is 16.3. The number of para-hydroxylation sites is 1. The highest BCUT2D eigenvalue weighted by Crippen LogP contribution is 2.27. The Bertz CT molecular complexity index is 870. The highest BCUT2D eigenvalue weighted by Gasteiger charge is 2.07. The summed E-state index contributed by atoms with van der Waals surface area (Å²) in [5.41, 5.74) is 1.51. The van der Waals surface area contributed by atoms with E-state index in [1.54, 1.807) is 24.4 Å². The number of amides is 1. The van der Waals surface area contributed by atoms with Crippen molar-refractivity contribution in [2.75, 3.05) is 11.9 Å². The van der Waals surface area contributed by atoms with Crippen LogP contribution >= 0.6 is 27.5 Å². The summed E-state index contributed by atoms with van der Waals surface area (Å²) in [6.07, 6.45) is 1.62. The van der Waals surface area contributed by atoms with Gasteiger partial charge in [0.05, 0.1) is 21.9 Å². The van der Waals surface area contributed by atoms with Gasteiger partial charge >= 0.3 is 0 Å². The van der Waals surface area contributed by atoms with Crippen LogP contribution in [-0.4, -0.2) is 17.5 Å². The van der Waals surface area contributed by atoms with Crippen molar-refractivity contribution in [2.24, 2.45) is 0 Å². The summed E-state index contributed by atoms with van der Waals surface area (Å²) in [5.74, 6) is 0.296. The van der Waals surface area contributed by atoms with Crippen LogP contribution in [0.5, 0.6) is 5.75 Å². The van der Waals surface area contributed by atoms with Gasteiger partial charge in [-0.2, -0.15) is 0 Å². The molecule has 0 fully saturated rings. The van der Waals surface area contributed by atoms with Crippen LogP contribution in [0, 0.1) is 0 Å². The third-order valence-electron chi connectivity index (χ3n) is 3.13. The molecule has 0 unspecified atom stereocenters. The number of aromatic nitrogens is 1. The van der Waals surface area contributed by atoms with E-state index in [0.29, 0.717) is 20.9 Å². The Balaban J connectivity index is 1.64. The lowest BCUT2D eigenvalue weighted by Crippen LogP contribution is -2.20. The first kappa shape index (κ1) is 15.8. The number of rotatable bonds is 4. The van der Waals surface area contributed by atoms with Gasteiger partial charge in [-0.05, 0) is 46.3 Å². The van der Waals surface area contributed by atoms with E-state index < -0.39 is 0 Å². The zero-order valence-electron chi connectivity index (χ0n) is 11.9. The smallest absolute Gasteiger partial charge is 0.262 e. The second-order valence-corrected chi connectivity index (χ2v) is 6.12. The molecule has 0 saturated carbocycles. The number of carbonyl (C=O) groups excluding carboxylic acids is 1. The van der Waals surface area contributed by atoms with Crippen molar-refractivity contribution < 1.29 is 9.53 Å². The van der Waals surface area contributed by atoms with Gasteiger partial charge in [-0.3, -0.25) is 9.78 Å². The number of carbonyl (C=O) groups is 1. The van der Waals surface area contributed by atoms with Crippen molar-refractivity contribution in [3.05, 3.63) is 64.2 Å². The molecule has 4 nitrogen and oxygen atoms in total. The van der Waals surface area contributed by atoms with E-state index in [0.717, 1.165) is 10.9 Å². The molecule has 0 atom stereocenters. The molecule has 1 N–H and O–H groups in total. The Morgan fingerprint density at radius 3 is 2.87 bits per heavy atom. The number of hydrogen-bond acceptors (Lipinski definition) is 3. The van der Waals surface area contributed by atoms with Crippen LogP contribution in [0.2, 0.25) is 5.02 Å². The first-order chi connectivity index (χ1) is 11.1. The van der Waals surface area contributed by atoms with Crippen molar-refractivity contribution in [3.63, 3.8) is 0 Å². The second kappa shape index (κ2) is 6.98. The Kier molecular flexibility index (Phi) is 4.79. The van der Waals surface area contributed by atoms with Crippen molar-refractivity contribution in [1.82, 2.24) is 4.98 Å². The van der Waals surface area contributed by atoms with Crippen molar-refractivity contribution >= 4 is 50.0 Å². The lowest BCUT2D eigenvalue weighted by Gasteiger charge is -2.09. The molecule has 0 radical (unpaired) electrons. The molecule has 6 heteroatoms. The Labute approximate surface area is 146 Å². The van der Waals surface area contributed by atoms with Crippen LogP contribution in [0.3, 0.4) is 0 Å². The molecule has 1 heterocycles. The molecule has 3 aromatic rings. The largest absolute Gasteiger partial charge is 0.483 e. The number of hydrogen-bond donors (Lipinski definition) is 1. The predicted molar refractivity (Wildman–Crippen MR) is 95.0 cm³/mol. The van der Waals surface area contributed by atoms with Crippen molar-refractivity contribution in [2.45, 2.75) is 0 Å². The number of ether oxygens (including phenoxy) is 1. The number of fused-ring (bicyclic) bond motifs is 1. The lowest BCUT2D eigenvalue weighted by atomic mass is 10.2. The second-order valence-electron chi connectivity index (χ2n) is 4.83. The summed E-state index contributed by atoms with van der Waals surface area (Å²) < 4.78 is 6.17. The fraction of sp³-hybridized carbons (Fsp3) is 0.0588. The van der Waals surface area contributed by atoms with Gasteiger partial charge in [0.15, 0.2) is 6.61 Å². The molecule has 3 rings (SSSR count). The zero-order valence-corrected chi connectivity index (χ0v) is 14.3. The first-order valence-corrected chi connectivity index (χ1v) is 8.01. The maximum atomic E-state index is 12.0. The number of benzene rings is 2. The molecule has 2 aromatic carbocycles. The minimum Gasteiger partial charge on any atom is -0.483 e. The quantitative estimate of drug-likeness (QED) is 0.703. The SMILES string of the molecule is O=C(COc1ccc(Cl)cc1Br)Nc1cnc2ccccc2c1. The topological polar surface area (TPSA) is 51.2 Å². The molecule has 0 saturated heterocycles. The predicted octanol–water partition coefficient (Wildman–Crippen LogP) is 4.67. The van der Waals surface area contributed by atoms with Crippen LogP contribution in [0.1, 0.15) is 0 Å². The molecule has 0 aliphatic carbocycles. The van der Waals surface area contributed by atoms with Gasteiger partial charge in [0.2, 0.25) is 0 Å². The summed E-state index contributed by atoms with van der Waals surface area (Å²) in [5, 5.41) is 4.33. The highest BCUT2D eigenvalue weighted by atomic mass is 79.9. The molecular weight excluding hydrogens is 380 g/mol. The molecule has 1 aromatic heterocycles. The highest BCUT2D eigenvalue weighted by molar-refractivity contribution is 9.10. The maximum absolute atomic E-state index is 12.0. The van der Waals surface area contributed by atoms with E-state index in [-0.39, 0.29) is 12.5 Å². The van der Waals surface area contributed by atoms with Crippen LogP contribution in [0.15, 0.2) is 59.2 Å². The first-order valence-electron chi connectivity index (χ1n) is 6.84. The molecule has 0 bridgehead atoms. The summed E-state index contributed by atoms with van der Waals surface area (Å²) in [6.45, 7) is -0.104. The van der Waals surface area contributed by atoms with Gasteiger partial charge < -0.3 is 10.1 Å². The van der Waals surface area contributed by atoms with Gasteiger partial charge in [-0.1, -0.05) is 29.8 Å². The van der Waals surface area contributed by atoms with Gasteiger partial charge in [-0.25, -0.2) is 0 Å². The Hall–Kier alpha value is -2.11. The number of pyridine rings is 1. The van der Waals surface area contributed by atoms with E-state index in [1.807, 2.05) is 30.3 Å². The molecule has 0 aliphatic rings. The van der Waals surface area contributed by atoms with E-state index in [9.17, 15) is 4.79 Å². The number of halogens is 2. The van der Waals surface area contributed by atoms with Gasteiger partial charge in [0.25, 0.3) is 5.91 Å². The van der Waals surface area contributed by atoms with Gasteiger partial charge in [0, 0.05) is 10.4 Å². The molecule has 1 amide bonds. The van der Waals surface area contributed by atoms with Crippen LogP contribution in [-0.2, 0) is 4.79 Å². The number of anilines is 1. The van der Waals surface area contributed by atoms with Gasteiger partial charge in [0.1, 0.15) is 5.75 Å². The summed E-state index contributed by atoms with van der Waals surface area (Å²) >= 11 is 9.20. The Morgan fingerprint density at radius 1 is 1.22 bits per heavy atom. The van der Waals surface area contributed by atoms with Crippen LogP contribution in [0.4, 0.5) is 5.69 Å². The number of nitrogens with zero attached hydrogens (tertiary/aromatic N) is 1. The third-order valence-corrected chi connectivity index (χ3v) is 3.98. The molecule has 23 heavy (non-hydrogen) atoms. The minimum atomic E-state index is -0.260. The van der Waals surface area contributed by atoms with E-state index >= 15 is 0 Å². The molecule has 116 valence electrons. The van der Waals surface area contributed by atoms with Crippen molar-refractivity contribution in [3.8, 4) is 5.75 Å². The number of nitrogens with one attached hydrogen (secondary N) is 1. The maximum Gasteiger partial charge on any atom is 0.262 e.